The van der Waals surface area contributed by atoms with Crippen LogP contribution in [0.25, 0.3) is 0 Å². The Morgan fingerprint density at radius 2 is 2.00 bits per heavy atom. The molecule has 1 aliphatic heterocycles. The fourth-order valence-electron chi connectivity index (χ4n) is 1.22. The number of carbonyl (C=O) groups is 2. The van der Waals surface area contributed by atoms with Gasteiger partial charge >= 0.3 is 0 Å². The number of nitrogens with zero attached hydrogens (tertiary/aromatic N) is 1. The molecule has 2 amide bonds. The van der Waals surface area contributed by atoms with E-state index in [1.807, 2.05) is 6.92 Å². The van der Waals surface area contributed by atoms with Crippen molar-refractivity contribution in [2.75, 3.05) is 6.54 Å². The molecule has 4 heteroatoms. The summed E-state index contributed by atoms with van der Waals surface area (Å²) in [6.07, 6.45) is 1.93. The van der Waals surface area contributed by atoms with Gasteiger partial charge < -0.3 is 0 Å². The molecule has 0 unspecified atom stereocenters. The van der Waals surface area contributed by atoms with Crippen LogP contribution in [0, 0.1) is 5.41 Å². The predicted octanol–water partition coefficient (Wildman–Crippen LogP) is 0.686. The summed E-state index contributed by atoms with van der Waals surface area (Å²) < 4.78 is 0. The summed E-state index contributed by atoms with van der Waals surface area (Å²) in [5.74, 6) is -0.320. The standard InChI is InChI=1S/C9H16N2O2/c1-4-5-6-11-8(13)9(2,3)7(12)10-11/h4-6H2,1-3H3,(H,10,12). The first-order valence-electron chi connectivity index (χ1n) is 4.63. The fourth-order valence-corrected chi connectivity index (χ4v) is 1.22. The van der Waals surface area contributed by atoms with Gasteiger partial charge in [0, 0.05) is 6.54 Å². The van der Waals surface area contributed by atoms with Crippen molar-refractivity contribution in [2.45, 2.75) is 33.6 Å². The smallest absolute Gasteiger partial charge is 0.256 e. The molecule has 0 radical (unpaired) electrons. The largest absolute Gasteiger partial charge is 0.272 e. The molecule has 4 nitrogen and oxygen atoms in total. The second-order valence-electron chi connectivity index (χ2n) is 3.88. The molecule has 1 N–H and O–H groups in total. The van der Waals surface area contributed by atoms with E-state index >= 15 is 0 Å². The lowest BCUT2D eigenvalue weighted by Gasteiger charge is -2.15. The summed E-state index contributed by atoms with van der Waals surface area (Å²) in [6, 6.07) is 0. The van der Waals surface area contributed by atoms with Gasteiger partial charge in [0.05, 0.1) is 0 Å². The zero-order chi connectivity index (χ0) is 10.1. The van der Waals surface area contributed by atoms with Gasteiger partial charge in [-0.25, -0.2) is 0 Å². The number of amides is 2. The Morgan fingerprint density at radius 1 is 1.38 bits per heavy atom. The Bertz CT molecular complexity index is 236. The van der Waals surface area contributed by atoms with Crippen LogP contribution in [-0.4, -0.2) is 23.4 Å². The molecule has 0 atom stereocenters. The van der Waals surface area contributed by atoms with Crippen LogP contribution >= 0.6 is 0 Å². The monoisotopic (exact) mass is 184 g/mol. The van der Waals surface area contributed by atoms with Crippen molar-refractivity contribution in [1.29, 1.82) is 0 Å². The topological polar surface area (TPSA) is 49.4 Å². The van der Waals surface area contributed by atoms with Crippen LogP contribution in [0.1, 0.15) is 33.6 Å². The average Bonchev–Trinajstić information content (AvgIpc) is 2.26. The Labute approximate surface area is 78.3 Å². The molecular formula is C9H16N2O2. The van der Waals surface area contributed by atoms with Gasteiger partial charge in [-0.15, -0.1) is 0 Å². The quantitative estimate of drug-likeness (QED) is 0.656. The summed E-state index contributed by atoms with van der Waals surface area (Å²) in [5.41, 5.74) is 1.69. The van der Waals surface area contributed by atoms with Crippen LogP contribution in [-0.2, 0) is 9.59 Å². The third-order valence-corrected chi connectivity index (χ3v) is 2.32. The molecule has 0 saturated carbocycles. The number of hydrazine groups is 1. The number of nitrogens with one attached hydrogen (secondary N) is 1. The third-order valence-electron chi connectivity index (χ3n) is 2.32. The summed E-state index contributed by atoms with van der Waals surface area (Å²) >= 11 is 0. The SMILES string of the molecule is CCCCN1NC(=O)C(C)(C)C1=O. The van der Waals surface area contributed by atoms with Gasteiger partial charge in [-0.05, 0) is 20.3 Å². The van der Waals surface area contributed by atoms with Crippen molar-refractivity contribution in [3.8, 4) is 0 Å². The number of unbranched alkanes of at least 4 members (excludes halogenated alkanes) is 1. The minimum Gasteiger partial charge on any atom is -0.272 e. The number of rotatable bonds is 3. The molecule has 1 rings (SSSR count). The van der Waals surface area contributed by atoms with Crippen molar-refractivity contribution in [1.82, 2.24) is 10.4 Å². The minimum absolute atomic E-state index is 0.119. The number of hydrogen-bond donors (Lipinski definition) is 1. The zero-order valence-electron chi connectivity index (χ0n) is 8.39. The highest BCUT2D eigenvalue weighted by molar-refractivity contribution is 6.08. The van der Waals surface area contributed by atoms with Crippen molar-refractivity contribution in [3.63, 3.8) is 0 Å². The summed E-state index contributed by atoms with van der Waals surface area (Å²) in [7, 11) is 0. The van der Waals surface area contributed by atoms with Crippen LogP contribution in [0.2, 0.25) is 0 Å². The number of hydrogen-bond acceptors (Lipinski definition) is 2. The summed E-state index contributed by atoms with van der Waals surface area (Å²) in [4.78, 5) is 22.9. The van der Waals surface area contributed by atoms with E-state index in [4.69, 9.17) is 0 Å². The Hall–Kier alpha value is -1.06. The Morgan fingerprint density at radius 3 is 2.38 bits per heavy atom. The lowest BCUT2D eigenvalue weighted by molar-refractivity contribution is -0.137. The molecule has 74 valence electrons. The van der Waals surface area contributed by atoms with E-state index in [2.05, 4.69) is 5.43 Å². The number of carbonyl (C=O) groups excluding carboxylic acids is 2. The highest BCUT2D eigenvalue weighted by Gasteiger charge is 2.46. The highest BCUT2D eigenvalue weighted by atomic mass is 16.2. The second kappa shape index (κ2) is 3.36. The van der Waals surface area contributed by atoms with E-state index in [-0.39, 0.29) is 11.8 Å². The molecule has 0 aromatic rings. The van der Waals surface area contributed by atoms with Gasteiger partial charge in [0.15, 0.2) is 0 Å². The van der Waals surface area contributed by atoms with Gasteiger partial charge in [-0.3, -0.25) is 20.0 Å². The molecular weight excluding hydrogens is 168 g/mol. The van der Waals surface area contributed by atoms with Crippen LogP contribution in [0.15, 0.2) is 0 Å². The Balaban J connectivity index is 2.63. The maximum absolute atomic E-state index is 11.6. The van der Waals surface area contributed by atoms with E-state index in [1.54, 1.807) is 13.8 Å². The van der Waals surface area contributed by atoms with Gasteiger partial charge in [-0.1, -0.05) is 13.3 Å². The normalized spacial score (nSPS) is 20.7. The maximum atomic E-state index is 11.6. The molecule has 1 aliphatic rings. The second-order valence-corrected chi connectivity index (χ2v) is 3.88. The van der Waals surface area contributed by atoms with Crippen LogP contribution in [0.3, 0.4) is 0 Å². The molecule has 1 saturated heterocycles. The fraction of sp³-hybridized carbons (Fsp3) is 0.778. The molecule has 1 fully saturated rings. The molecule has 0 bridgehead atoms. The first-order chi connectivity index (χ1) is 6.00. The van der Waals surface area contributed by atoms with E-state index < -0.39 is 5.41 Å². The third kappa shape index (κ3) is 1.66. The zero-order valence-corrected chi connectivity index (χ0v) is 8.39. The minimum atomic E-state index is -0.881. The van der Waals surface area contributed by atoms with E-state index in [9.17, 15) is 9.59 Å². The van der Waals surface area contributed by atoms with Gasteiger partial charge in [0.25, 0.3) is 11.8 Å². The van der Waals surface area contributed by atoms with Crippen molar-refractivity contribution in [3.05, 3.63) is 0 Å². The first kappa shape index (κ1) is 10.0. The van der Waals surface area contributed by atoms with Crippen molar-refractivity contribution < 1.29 is 9.59 Å². The highest BCUT2D eigenvalue weighted by Crippen LogP contribution is 2.24. The van der Waals surface area contributed by atoms with E-state index in [1.165, 1.54) is 5.01 Å². The molecule has 0 aromatic carbocycles. The lowest BCUT2D eigenvalue weighted by atomic mass is 9.93. The van der Waals surface area contributed by atoms with Gasteiger partial charge in [-0.2, -0.15) is 0 Å². The molecule has 1 heterocycles. The van der Waals surface area contributed by atoms with Gasteiger partial charge in [0.2, 0.25) is 0 Å². The average molecular weight is 184 g/mol. The molecule has 0 spiro atoms. The van der Waals surface area contributed by atoms with Crippen LogP contribution in [0.4, 0.5) is 0 Å². The van der Waals surface area contributed by atoms with Gasteiger partial charge in [0.1, 0.15) is 5.41 Å². The summed E-state index contributed by atoms with van der Waals surface area (Å²) in [5, 5.41) is 1.42. The van der Waals surface area contributed by atoms with E-state index in [0.717, 1.165) is 12.8 Å². The van der Waals surface area contributed by atoms with E-state index in [0.29, 0.717) is 6.54 Å². The van der Waals surface area contributed by atoms with Crippen molar-refractivity contribution in [2.24, 2.45) is 5.41 Å². The van der Waals surface area contributed by atoms with Crippen molar-refractivity contribution >= 4 is 11.8 Å². The first-order valence-corrected chi connectivity index (χ1v) is 4.63. The molecule has 0 aliphatic carbocycles. The lowest BCUT2D eigenvalue weighted by Crippen LogP contribution is -2.36. The predicted molar refractivity (Wildman–Crippen MR) is 48.5 cm³/mol. The molecule has 0 aromatic heterocycles. The van der Waals surface area contributed by atoms with Crippen LogP contribution in [0.5, 0.6) is 0 Å². The molecule has 13 heavy (non-hydrogen) atoms. The Kier molecular flexibility index (Phi) is 2.59. The summed E-state index contributed by atoms with van der Waals surface area (Å²) in [6.45, 7) is 5.96. The van der Waals surface area contributed by atoms with Crippen LogP contribution < -0.4 is 5.43 Å². The maximum Gasteiger partial charge on any atom is 0.256 e.